The zero-order valence-electron chi connectivity index (χ0n) is 18.4. The number of carbonyl (C=O) groups is 3. The molecule has 1 aromatic heterocycles. The fourth-order valence-corrected chi connectivity index (χ4v) is 3.98. The molecule has 2 aromatic carbocycles. The van der Waals surface area contributed by atoms with Gasteiger partial charge in [-0.25, -0.2) is 9.48 Å². The smallest absolute Gasteiger partial charge is 0.359 e. The Labute approximate surface area is 190 Å². The Morgan fingerprint density at radius 1 is 1.09 bits per heavy atom. The number of hydrogen-bond acceptors (Lipinski definition) is 6. The van der Waals surface area contributed by atoms with Gasteiger partial charge < -0.3 is 15.0 Å². The van der Waals surface area contributed by atoms with Gasteiger partial charge in [0.05, 0.1) is 16.8 Å². The van der Waals surface area contributed by atoms with E-state index < -0.39 is 24.5 Å². The topological polar surface area (TPSA) is 111 Å². The molecule has 0 spiro atoms. The van der Waals surface area contributed by atoms with Gasteiger partial charge >= 0.3 is 5.97 Å². The van der Waals surface area contributed by atoms with Crippen molar-refractivity contribution in [2.24, 2.45) is 0 Å². The van der Waals surface area contributed by atoms with Crippen LogP contribution < -0.4 is 15.8 Å². The minimum atomic E-state index is -0.797. The Kier molecular flexibility index (Phi) is 6.21. The van der Waals surface area contributed by atoms with Gasteiger partial charge in [0, 0.05) is 24.4 Å². The van der Waals surface area contributed by atoms with E-state index in [0.29, 0.717) is 35.1 Å². The van der Waals surface area contributed by atoms with Crippen molar-refractivity contribution in [1.82, 2.24) is 9.78 Å². The lowest BCUT2D eigenvalue weighted by Gasteiger charge is -2.27. The maximum absolute atomic E-state index is 13.1. The molecular formula is C24H24N4O5. The Bertz CT molecular complexity index is 1300. The first-order valence-corrected chi connectivity index (χ1v) is 10.8. The number of amides is 2. The van der Waals surface area contributed by atoms with Gasteiger partial charge in [0.25, 0.3) is 11.5 Å². The monoisotopic (exact) mass is 448 g/mol. The lowest BCUT2D eigenvalue weighted by Crippen LogP contribution is -2.41. The van der Waals surface area contributed by atoms with Gasteiger partial charge in [-0.05, 0) is 31.5 Å². The van der Waals surface area contributed by atoms with Crippen molar-refractivity contribution in [3.8, 4) is 0 Å². The highest BCUT2D eigenvalue weighted by molar-refractivity contribution is 6.06. The predicted octanol–water partition coefficient (Wildman–Crippen LogP) is 2.73. The third kappa shape index (κ3) is 4.34. The largest absolute Gasteiger partial charge is 0.451 e. The molecule has 9 heteroatoms. The quantitative estimate of drug-likeness (QED) is 0.601. The van der Waals surface area contributed by atoms with Gasteiger partial charge in [0.1, 0.15) is 0 Å². The molecule has 0 bridgehead atoms. The van der Waals surface area contributed by atoms with Crippen LogP contribution in [0.25, 0.3) is 10.8 Å². The third-order valence-corrected chi connectivity index (χ3v) is 5.45. The summed E-state index contributed by atoms with van der Waals surface area (Å²) in [5, 5.41) is 7.73. The van der Waals surface area contributed by atoms with E-state index in [0.717, 1.165) is 0 Å². The number of fused-ring (bicyclic) bond motifs is 2. The van der Waals surface area contributed by atoms with E-state index in [1.807, 2.05) is 6.92 Å². The van der Waals surface area contributed by atoms with Crippen molar-refractivity contribution in [3.05, 3.63) is 64.6 Å². The van der Waals surface area contributed by atoms with Crippen molar-refractivity contribution >= 4 is 39.9 Å². The summed E-state index contributed by atoms with van der Waals surface area (Å²) in [7, 11) is 0. The number of ether oxygens (including phenoxy) is 1. The summed E-state index contributed by atoms with van der Waals surface area (Å²) in [6.45, 7) is 3.48. The summed E-state index contributed by atoms with van der Waals surface area (Å²) in [4.78, 5) is 52.2. The molecule has 1 atom stereocenters. The van der Waals surface area contributed by atoms with Gasteiger partial charge in [0.15, 0.2) is 12.3 Å². The Balaban J connectivity index is 1.60. The zero-order chi connectivity index (χ0) is 23.5. The molecule has 3 aromatic rings. The lowest BCUT2D eigenvalue weighted by molar-refractivity contribution is -0.122. The summed E-state index contributed by atoms with van der Waals surface area (Å²) < 4.78 is 6.58. The molecule has 2 amide bonds. The molecule has 170 valence electrons. The number of aromatic nitrogens is 2. The first kappa shape index (κ1) is 22.2. The number of hydrogen-bond donors (Lipinski definition) is 1. The minimum Gasteiger partial charge on any atom is -0.451 e. The SMILES string of the molecule is CCCn1nc(C(=O)OCC(=O)N2c3ccccc3NC(=O)CC2C)c2ccccc2c1=O. The Morgan fingerprint density at radius 2 is 1.79 bits per heavy atom. The number of carbonyl (C=O) groups excluding carboxylic acids is 3. The molecule has 0 saturated carbocycles. The van der Waals surface area contributed by atoms with Gasteiger partial charge in [-0.1, -0.05) is 37.3 Å². The van der Waals surface area contributed by atoms with E-state index >= 15 is 0 Å². The van der Waals surface area contributed by atoms with E-state index in [-0.39, 0.29) is 23.6 Å². The van der Waals surface area contributed by atoms with Crippen LogP contribution in [0.4, 0.5) is 11.4 Å². The van der Waals surface area contributed by atoms with E-state index in [4.69, 9.17) is 4.74 Å². The Hall–Kier alpha value is -4.01. The van der Waals surface area contributed by atoms with Gasteiger partial charge in [-0.15, -0.1) is 0 Å². The molecule has 2 heterocycles. The van der Waals surface area contributed by atoms with E-state index in [1.165, 1.54) is 9.58 Å². The van der Waals surface area contributed by atoms with Crippen LogP contribution >= 0.6 is 0 Å². The third-order valence-electron chi connectivity index (χ3n) is 5.45. The fraction of sp³-hybridized carbons (Fsp3) is 0.292. The van der Waals surface area contributed by atoms with Gasteiger partial charge in [-0.3, -0.25) is 14.4 Å². The molecule has 0 radical (unpaired) electrons. The molecule has 9 nitrogen and oxygen atoms in total. The highest BCUT2D eigenvalue weighted by atomic mass is 16.5. The van der Waals surface area contributed by atoms with Crippen molar-refractivity contribution in [2.75, 3.05) is 16.8 Å². The van der Waals surface area contributed by atoms with E-state index in [1.54, 1.807) is 55.5 Å². The number of anilines is 2. The summed E-state index contributed by atoms with van der Waals surface area (Å²) in [5.74, 6) is -1.46. The maximum Gasteiger partial charge on any atom is 0.359 e. The molecule has 4 rings (SSSR count). The minimum absolute atomic E-state index is 0.0207. The second-order valence-electron chi connectivity index (χ2n) is 7.88. The number of aryl methyl sites for hydroxylation is 1. The zero-order valence-corrected chi connectivity index (χ0v) is 18.4. The fourth-order valence-electron chi connectivity index (χ4n) is 3.98. The summed E-state index contributed by atoms with van der Waals surface area (Å²) >= 11 is 0. The van der Waals surface area contributed by atoms with Crippen LogP contribution in [-0.2, 0) is 20.9 Å². The van der Waals surface area contributed by atoms with Gasteiger partial charge in [0.2, 0.25) is 5.91 Å². The van der Waals surface area contributed by atoms with Crippen LogP contribution in [0.1, 0.15) is 37.2 Å². The average Bonchev–Trinajstić information content (AvgIpc) is 2.93. The van der Waals surface area contributed by atoms with E-state index in [2.05, 4.69) is 10.4 Å². The molecule has 1 N–H and O–H groups in total. The summed E-state index contributed by atoms with van der Waals surface area (Å²) in [6, 6.07) is 13.2. The average molecular weight is 448 g/mol. The van der Waals surface area contributed by atoms with Crippen LogP contribution in [0, 0.1) is 0 Å². The summed E-state index contributed by atoms with van der Waals surface area (Å²) in [5.41, 5.74) is 0.752. The van der Waals surface area contributed by atoms with Crippen molar-refractivity contribution in [2.45, 2.75) is 39.3 Å². The molecule has 0 aliphatic carbocycles. The molecule has 0 fully saturated rings. The van der Waals surface area contributed by atoms with E-state index in [9.17, 15) is 19.2 Å². The number of benzene rings is 2. The Morgan fingerprint density at radius 3 is 2.55 bits per heavy atom. The van der Waals surface area contributed by atoms with Crippen molar-refractivity contribution in [3.63, 3.8) is 0 Å². The highest BCUT2D eigenvalue weighted by Crippen LogP contribution is 2.31. The van der Waals surface area contributed by atoms with Crippen molar-refractivity contribution in [1.29, 1.82) is 0 Å². The second kappa shape index (κ2) is 9.23. The molecule has 33 heavy (non-hydrogen) atoms. The molecule has 1 aliphatic rings. The van der Waals surface area contributed by atoms with Crippen LogP contribution in [0.15, 0.2) is 53.3 Å². The highest BCUT2D eigenvalue weighted by Gasteiger charge is 2.30. The van der Waals surface area contributed by atoms with Crippen molar-refractivity contribution < 1.29 is 19.1 Å². The number of nitrogens with one attached hydrogen (secondary N) is 1. The van der Waals surface area contributed by atoms with Gasteiger partial charge in [-0.2, -0.15) is 5.10 Å². The maximum atomic E-state index is 13.1. The normalized spacial score (nSPS) is 15.5. The predicted molar refractivity (Wildman–Crippen MR) is 123 cm³/mol. The number of rotatable bonds is 5. The standard InChI is InChI=1S/C24H24N4O5/c1-3-12-27-23(31)17-9-5-4-8-16(17)22(26-27)24(32)33-14-21(30)28-15(2)13-20(29)25-18-10-6-7-11-19(18)28/h4-11,15H,3,12-14H2,1-2H3,(H,25,29). The molecule has 1 aliphatic heterocycles. The summed E-state index contributed by atoms with van der Waals surface area (Å²) in [6.07, 6.45) is 0.778. The second-order valence-corrected chi connectivity index (χ2v) is 7.88. The molecule has 1 unspecified atom stereocenters. The molecular weight excluding hydrogens is 424 g/mol. The first-order valence-electron chi connectivity index (χ1n) is 10.8. The van der Waals surface area contributed by atoms with Crippen LogP contribution in [-0.4, -0.2) is 40.2 Å². The molecule has 0 saturated heterocycles. The number of nitrogens with zero attached hydrogens (tertiary/aromatic N) is 3. The van der Waals surface area contributed by atoms with Crippen LogP contribution in [0.2, 0.25) is 0 Å². The number of esters is 1. The van der Waals surface area contributed by atoms with Crippen LogP contribution in [0.5, 0.6) is 0 Å². The lowest BCUT2D eigenvalue weighted by atomic mass is 10.1. The first-order chi connectivity index (χ1) is 15.9. The number of para-hydroxylation sites is 2. The van der Waals surface area contributed by atoms with Crippen LogP contribution in [0.3, 0.4) is 0 Å².